The Morgan fingerprint density at radius 1 is 0.889 bits per heavy atom. The second-order valence-corrected chi connectivity index (χ2v) is 8.93. The smallest absolute Gasteiger partial charge is 0.261 e. The van der Waals surface area contributed by atoms with Gasteiger partial charge in [-0.3, -0.25) is 29.3 Å². The summed E-state index contributed by atoms with van der Waals surface area (Å²) in [4.78, 5) is 64.4. The van der Waals surface area contributed by atoms with Crippen LogP contribution in [0.5, 0.6) is 0 Å². The number of anilines is 2. The highest BCUT2D eigenvalue weighted by Gasteiger charge is 2.40. The van der Waals surface area contributed by atoms with Crippen LogP contribution < -0.4 is 16.0 Å². The van der Waals surface area contributed by atoms with Gasteiger partial charge in [-0.05, 0) is 30.0 Å². The Labute approximate surface area is 205 Å². The van der Waals surface area contributed by atoms with E-state index < -0.39 is 23.6 Å². The third kappa shape index (κ3) is 3.36. The lowest BCUT2D eigenvalue weighted by molar-refractivity contribution is -0.137. The summed E-state index contributed by atoms with van der Waals surface area (Å²) in [6, 6.07) is 15.4. The summed E-state index contributed by atoms with van der Waals surface area (Å²) in [5.41, 5.74) is 2.47. The molecule has 0 spiro atoms. The molecule has 6 rings (SSSR count). The van der Waals surface area contributed by atoms with E-state index in [0.29, 0.717) is 28.1 Å². The molecule has 178 valence electrons. The van der Waals surface area contributed by atoms with Crippen LogP contribution >= 0.6 is 0 Å². The van der Waals surface area contributed by atoms with Gasteiger partial charge < -0.3 is 15.5 Å². The van der Waals surface area contributed by atoms with E-state index in [1.807, 2.05) is 30.3 Å². The average molecular weight is 480 g/mol. The Bertz CT molecular complexity index is 1560. The van der Waals surface area contributed by atoms with Crippen molar-refractivity contribution < 1.29 is 24.0 Å². The highest BCUT2D eigenvalue weighted by atomic mass is 16.2. The molecule has 3 aliphatic heterocycles. The van der Waals surface area contributed by atoms with Crippen LogP contribution in [0, 0.1) is 0 Å². The number of carbonyl (C=O) groups is 5. The number of rotatable bonds is 3. The summed E-state index contributed by atoms with van der Waals surface area (Å²) in [5.74, 6) is -2.06. The number of ketones is 1. The monoisotopic (exact) mass is 480 g/mol. The minimum absolute atomic E-state index is 0.0539. The topological polar surface area (TPSA) is 125 Å². The molecule has 0 bridgehead atoms. The van der Waals surface area contributed by atoms with Crippen molar-refractivity contribution in [3.8, 4) is 0 Å². The lowest BCUT2D eigenvalue weighted by atomic mass is 9.93. The molecule has 36 heavy (non-hydrogen) atoms. The highest BCUT2D eigenvalue weighted by molar-refractivity contribution is 6.36. The summed E-state index contributed by atoms with van der Waals surface area (Å²) in [6.45, 7) is 0.168. The van der Waals surface area contributed by atoms with Gasteiger partial charge in [0.15, 0.2) is 0 Å². The largest absolute Gasteiger partial charge is 0.360 e. The molecule has 4 amide bonds. The molecule has 1 fully saturated rings. The van der Waals surface area contributed by atoms with Crippen molar-refractivity contribution in [2.45, 2.75) is 25.4 Å². The molecule has 0 aromatic heterocycles. The van der Waals surface area contributed by atoms with Crippen molar-refractivity contribution in [2.75, 3.05) is 10.6 Å². The average Bonchev–Trinajstić information content (AvgIpc) is 3.20. The van der Waals surface area contributed by atoms with Crippen molar-refractivity contribution in [1.29, 1.82) is 0 Å². The molecule has 0 radical (unpaired) electrons. The zero-order valence-electron chi connectivity index (χ0n) is 19.0. The van der Waals surface area contributed by atoms with Crippen LogP contribution in [0.3, 0.4) is 0 Å². The van der Waals surface area contributed by atoms with Gasteiger partial charge in [-0.15, -0.1) is 0 Å². The molecule has 0 aliphatic carbocycles. The summed E-state index contributed by atoms with van der Waals surface area (Å²) in [6.07, 6.45) is 1.78. The lowest BCUT2D eigenvalue weighted by Gasteiger charge is -2.29. The van der Waals surface area contributed by atoms with E-state index in [2.05, 4.69) is 16.0 Å². The minimum atomic E-state index is -0.731. The van der Waals surface area contributed by atoms with Crippen molar-refractivity contribution in [3.63, 3.8) is 0 Å². The van der Waals surface area contributed by atoms with Crippen molar-refractivity contribution in [2.24, 2.45) is 0 Å². The van der Waals surface area contributed by atoms with Gasteiger partial charge in [0.25, 0.3) is 11.8 Å². The summed E-state index contributed by atoms with van der Waals surface area (Å²) in [5, 5.41) is 9.86. The van der Waals surface area contributed by atoms with Crippen molar-refractivity contribution >= 4 is 51.6 Å². The maximum absolute atomic E-state index is 13.2. The number of carbonyl (C=O) groups excluding carboxylic acids is 5. The number of Topliss-reactive ketones (excluding diaryl/α,β-unsaturated/α-hetero) is 1. The first-order valence-electron chi connectivity index (χ1n) is 11.5. The molecule has 3 aliphatic rings. The molecule has 3 aromatic carbocycles. The fraction of sp³-hybridized carbons (Fsp3) is 0.148. The first-order chi connectivity index (χ1) is 17.4. The second-order valence-electron chi connectivity index (χ2n) is 8.93. The molecule has 3 aromatic rings. The standard InChI is InChI=1S/C27H20N4O5/c32-22-11-10-21(26(35)29-22)31-13-19-16(27(31)36)6-3-7-20(19)28-12-18-24(33)17-9-8-14-4-1-2-5-15(14)23(17)30-25(18)34/h1-9,12,21,28H,10-11,13H2,(H,30,34)(H,29,32,35)/b18-12-. The van der Waals surface area contributed by atoms with Crippen LogP contribution in [0.4, 0.5) is 11.4 Å². The van der Waals surface area contributed by atoms with E-state index >= 15 is 0 Å². The third-order valence-corrected chi connectivity index (χ3v) is 6.86. The second kappa shape index (κ2) is 8.16. The summed E-state index contributed by atoms with van der Waals surface area (Å²) < 4.78 is 0. The number of nitrogens with one attached hydrogen (secondary N) is 3. The molecule has 0 saturated carbocycles. The first-order valence-corrected chi connectivity index (χ1v) is 11.5. The van der Waals surface area contributed by atoms with E-state index in [-0.39, 0.29) is 36.8 Å². The molecule has 3 heterocycles. The zero-order valence-corrected chi connectivity index (χ0v) is 19.0. The molecular formula is C27H20N4O5. The predicted molar refractivity (Wildman–Crippen MR) is 131 cm³/mol. The van der Waals surface area contributed by atoms with Gasteiger partial charge in [0.2, 0.25) is 17.6 Å². The predicted octanol–water partition coefficient (Wildman–Crippen LogP) is 2.73. The summed E-state index contributed by atoms with van der Waals surface area (Å²) in [7, 11) is 0. The van der Waals surface area contributed by atoms with E-state index in [1.165, 1.54) is 11.1 Å². The molecule has 9 heteroatoms. The Balaban J connectivity index is 1.29. The maximum atomic E-state index is 13.2. The number of hydrogen-bond donors (Lipinski definition) is 3. The summed E-state index contributed by atoms with van der Waals surface area (Å²) >= 11 is 0. The van der Waals surface area contributed by atoms with Crippen molar-refractivity contribution in [3.05, 3.63) is 83.1 Å². The Morgan fingerprint density at radius 2 is 1.72 bits per heavy atom. The number of nitrogens with zero attached hydrogens (tertiary/aromatic N) is 1. The fourth-order valence-corrected chi connectivity index (χ4v) is 5.03. The van der Waals surface area contributed by atoms with Gasteiger partial charge >= 0.3 is 0 Å². The van der Waals surface area contributed by atoms with Gasteiger partial charge in [-0.1, -0.05) is 36.4 Å². The number of fused-ring (bicyclic) bond motifs is 4. The van der Waals surface area contributed by atoms with Crippen LogP contribution in [0.1, 0.15) is 39.1 Å². The van der Waals surface area contributed by atoms with E-state index in [9.17, 15) is 24.0 Å². The Kier molecular flexibility index (Phi) is 4.92. The molecule has 1 atom stereocenters. The van der Waals surface area contributed by atoms with Crippen LogP contribution in [0.25, 0.3) is 10.8 Å². The number of piperidine rings is 1. The fourth-order valence-electron chi connectivity index (χ4n) is 5.03. The van der Waals surface area contributed by atoms with Gasteiger partial charge in [0, 0.05) is 46.9 Å². The molecule has 1 unspecified atom stereocenters. The first kappa shape index (κ1) is 21.7. The third-order valence-electron chi connectivity index (χ3n) is 6.86. The molecule has 3 N–H and O–H groups in total. The van der Waals surface area contributed by atoms with Crippen LogP contribution in [-0.4, -0.2) is 40.4 Å². The van der Waals surface area contributed by atoms with Gasteiger partial charge in [0.1, 0.15) is 11.6 Å². The lowest BCUT2D eigenvalue weighted by Crippen LogP contribution is -2.52. The Morgan fingerprint density at radius 3 is 2.56 bits per heavy atom. The van der Waals surface area contributed by atoms with Crippen LogP contribution in [0.15, 0.2) is 66.4 Å². The normalized spacial score (nSPS) is 20.3. The number of amides is 4. The molecule has 1 saturated heterocycles. The van der Waals surface area contributed by atoms with Crippen LogP contribution in [-0.2, 0) is 20.9 Å². The van der Waals surface area contributed by atoms with Gasteiger partial charge in [0.05, 0.1) is 5.69 Å². The Hall–Kier alpha value is -4.79. The van der Waals surface area contributed by atoms with Crippen molar-refractivity contribution in [1.82, 2.24) is 10.2 Å². The quantitative estimate of drug-likeness (QED) is 0.301. The van der Waals surface area contributed by atoms with E-state index in [1.54, 1.807) is 24.3 Å². The van der Waals surface area contributed by atoms with E-state index in [4.69, 9.17) is 0 Å². The SMILES string of the molecule is O=C1CCC(N2Cc3c(N/C=C4\C(=O)Nc5c(ccc6ccccc56)C4=O)cccc3C2=O)C(=O)N1. The molecule has 9 nitrogen and oxygen atoms in total. The number of benzene rings is 3. The highest BCUT2D eigenvalue weighted by Crippen LogP contribution is 2.34. The minimum Gasteiger partial charge on any atom is -0.360 e. The van der Waals surface area contributed by atoms with Gasteiger partial charge in [-0.2, -0.15) is 0 Å². The van der Waals surface area contributed by atoms with Crippen LogP contribution in [0.2, 0.25) is 0 Å². The number of imide groups is 1. The van der Waals surface area contributed by atoms with E-state index in [0.717, 1.165) is 10.8 Å². The number of hydrogen-bond acceptors (Lipinski definition) is 6. The maximum Gasteiger partial charge on any atom is 0.261 e. The van der Waals surface area contributed by atoms with Gasteiger partial charge in [-0.25, -0.2) is 0 Å². The zero-order chi connectivity index (χ0) is 25.0. The molecular weight excluding hydrogens is 460 g/mol.